The summed E-state index contributed by atoms with van der Waals surface area (Å²) >= 11 is 1.34. The number of hydrogen-bond donors (Lipinski definition) is 1. The molecule has 3 aromatic carbocycles. The van der Waals surface area contributed by atoms with Crippen molar-refractivity contribution < 1.29 is 9.85 Å². The maximum Gasteiger partial charge on any atom is 0.269 e. The molecular weight excluding hydrogens is 430 g/mol. The number of rotatable bonds is 7. The van der Waals surface area contributed by atoms with Crippen molar-refractivity contribution in [3.63, 3.8) is 0 Å². The van der Waals surface area contributed by atoms with Gasteiger partial charge in [0, 0.05) is 46.3 Å². The zero-order valence-corrected chi connectivity index (χ0v) is 17.2. The number of aromatic nitrogens is 1. The second-order valence-electron chi connectivity index (χ2n) is 6.58. The van der Waals surface area contributed by atoms with Gasteiger partial charge in [-0.2, -0.15) is 5.10 Å². The highest BCUT2D eigenvalue weighted by molar-refractivity contribution is 7.14. The van der Waals surface area contributed by atoms with Crippen LogP contribution in [0.1, 0.15) is 11.1 Å². The van der Waals surface area contributed by atoms with E-state index >= 15 is 0 Å². The molecule has 1 N–H and O–H groups in total. The standard InChI is InChI=1S/C22H15N5O4S/c28-26(29)18-10-6-15(7-11-18)20-14-32-22(23-20)25-24-21(16-4-2-1-3-5-16)17-8-12-19(13-9-17)27(30)31/h1-14H,(H,23,25). The third-order valence-electron chi connectivity index (χ3n) is 4.54. The number of non-ortho nitro benzene ring substituents is 2. The number of benzene rings is 3. The molecule has 158 valence electrons. The molecule has 0 aliphatic heterocycles. The van der Waals surface area contributed by atoms with Crippen LogP contribution in [0, 0.1) is 20.2 Å². The summed E-state index contributed by atoms with van der Waals surface area (Å²) in [6.45, 7) is 0. The van der Waals surface area contributed by atoms with E-state index in [0.29, 0.717) is 22.1 Å². The predicted molar refractivity (Wildman–Crippen MR) is 123 cm³/mol. The van der Waals surface area contributed by atoms with E-state index in [4.69, 9.17) is 0 Å². The summed E-state index contributed by atoms with van der Waals surface area (Å²) in [7, 11) is 0. The Hall–Kier alpha value is -4.44. The summed E-state index contributed by atoms with van der Waals surface area (Å²) in [5.74, 6) is 0. The molecule has 0 aliphatic carbocycles. The first-order valence-electron chi connectivity index (χ1n) is 9.35. The fourth-order valence-corrected chi connectivity index (χ4v) is 3.61. The largest absolute Gasteiger partial charge is 0.269 e. The van der Waals surface area contributed by atoms with Crippen molar-refractivity contribution in [1.29, 1.82) is 0 Å². The molecule has 0 spiro atoms. The van der Waals surface area contributed by atoms with Crippen LogP contribution in [0.4, 0.5) is 16.5 Å². The maximum absolute atomic E-state index is 11.0. The van der Waals surface area contributed by atoms with Gasteiger partial charge >= 0.3 is 0 Å². The van der Waals surface area contributed by atoms with Gasteiger partial charge in [-0.3, -0.25) is 25.7 Å². The average Bonchev–Trinajstić information content (AvgIpc) is 3.29. The number of nitro benzene ring substituents is 2. The van der Waals surface area contributed by atoms with Crippen LogP contribution < -0.4 is 5.43 Å². The molecule has 0 bridgehead atoms. The van der Waals surface area contributed by atoms with Crippen LogP contribution in [0.15, 0.2) is 89.3 Å². The summed E-state index contributed by atoms with van der Waals surface area (Å²) in [4.78, 5) is 25.4. The molecular formula is C22H15N5O4S. The monoisotopic (exact) mass is 445 g/mol. The van der Waals surface area contributed by atoms with Gasteiger partial charge in [-0.25, -0.2) is 4.98 Å². The molecule has 0 atom stereocenters. The lowest BCUT2D eigenvalue weighted by molar-refractivity contribution is -0.385. The second-order valence-corrected chi connectivity index (χ2v) is 7.44. The Balaban J connectivity index is 1.61. The summed E-state index contributed by atoms with van der Waals surface area (Å²) < 4.78 is 0. The first-order valence-corrected chi connectivity index (χ1v) is 10.2. The van der Waals surface area contributed by atoms with Gasteiger partial charge < -0.3 is 0 Å². The number of hydrogen-bond acceptors (Lipinski definition) is 8. The van der Waals surface area contributed by atoms with E-state index < -0.39 is 9.85 Å². The van der Waals surface area contributed by atoms with Gasteiger partial charge in [0.05, 0.1) is 21.3 Å². The molecule has 0 aliphatic rings. The molecule has 0 saturated heterocycles. The van der Waals surface area contributed by atoms with Crippen LogP contribution in [-0.4, -0.2) is 20.5 Å². The van der Waals surface area contributed by atoms with Gasteiger partial charge in [0.2, 0.25) is 5.13 Å². The number of nitrogens with one attached hydrogen (secondary N) is 1. The molecule has 1 heterocycles. The van der Waals surface area contributed by atoms with Crippen molar-refractivity contribution in [3.05, 3.63) is 116 Å². The first-order chi connectivity index (χ1) is 15.5. The lowest BCUT2D eigenvalue weighted by atomic mass is 10.0. The number of nitrogens with zero attached hydrogens (tertiary/aromatic N) is 4. The fraction of sp³-hybridized carbons (Fsp3) is 0. The van der Waals surface area contributed by atoms with Crippen LogP contribution >= 0.6 is 11.3 Å². The van der Waals surface area contributed by atoms with E-state index in [1.807, 2.05) is 35.7 Å². The van der Waals surface area contributed by atoms with E-state index in [2.05, 4.69) is 15.5 Å². The Morgan fingerprint density at radius 3 is 1.97 bits per heavy atom. The van der Waals surface area contributed by atoms with Crippen LogP contribution in [0.25, 0.3) is 11.3 Å². The van der Waals surface area contributed by atoms with Crippen molar-refractivity contribution in [2.24, 2.45) is 5.10 Å². The third kappa shape index (κ3) is 4.65. The SMILES string of the molecule is O=[N+]([O-])c1ccc(C(=NNc2nc(-c3ccc([N+](=O)[O-])cc3)cs2)c2ccccc2)cc1. The molecule has 32 heavy (non-hydrogen) atoms. The second kappa shape index (κ2) is 9.14. The van der Waals surface area contributed by atoms with Crippen LogP contribution in [-0.2, 0) is 0 Å². The Morgan fingerprint density at radius 1 is 0.812 bits per heavy atom. The van der Waals surface area contributed by atoms with Gasteiger partial charge in [-0.15, -0.1) is 11.3 Å². The summed E-state index contributed by atoms with van der Waals surface area (Å²) in [5, 5.41) is 28.6. The van der Waals surface area contributed by atoms with Crippen LogP contribution in [0.3, 0.4) is 0 Å². The molecule has 0 unspecified atom stereocenters. The molecule has 4 rings (SSSR count). The zero-order valence-electron chi connectivity index (χ0n) is 16.4. The Bertz CT molecular complexity index is 1290. The Morgan fingerprint density at radius 2 is 1.38 bits per heavy atom. The predicted octanol–water partition coefficient (Wildman–Crippen LogP) is 5.49. The molecule has 9 nitrogen and oxygen atoms in total. The van der Waals surface area contributed by atoms with Crippen molar-refractivity contribution >= 4 is 33.6 Å². The van der Waals surface area contributed by atoms with Gasteiger partial charge in [0.15, 0.2) is 0 Å². The van der Waals surface area contributed by atoms with E-state index in [1.165, 1.54) is 35.6 Å². The summed E-state index contributed by atoms with van der Waals surface area (Å²) in [6.07, 6.45) is 0. The van der Waals surface area contributed by atoms with Gasteiger partial charge in [0.1, 0.15) is 0 Å². The van der Waals surface area contributed by atoms with Crippen molar-refractivity contribution in [2.75, 3.05) is 5.43 Å². The molecule has 1 aromatic heterocycles. The third-order valence-corrected chi connectivity index (χ3v) is 5.29. The number of nitro groups is 2. The van der Waals surface area contributed by atoms with Gasteiger partial charge in [-0.1, -0.05) is 30.3 Å². The van der Waals surface area contributed by atoms with Gasteiger partial charge in [0.25, 0.3) is 11.4 Å². The molecule has 0 fully saturated rings. The molecule has 0 saturated carbocycles. The minimum atomic E-state index is -0.449. The van der Waals surface area contributed by atoms with Gasteiger partial charge in [-0.05, 0) is 24.3 Å². The molecule has 0 amide bonds. The Labute approximate surface area is 186 Å². The van der Waals surface area contributed by atoms with Crippen LogP contribution in [0.5, 0.6) is 0 Å². The highest BCUT2D eigenvalue weighted by Gasteiger charge is 2.12. The zero-order chi connectivity index (χ0) is 22.5. The quantitative estimate of drug-likeness (QED) is 0.228. The topological polar surface area (TPSA) is 124 Å². The number of anilines is 1. The highest BCUT2D eigenvalue weighted by atomic mass is 32.1. The lowest BCUT2D eigenvalue weighted by Gasteiger charge is -2.07. The minimum Gasteiger partial charge on any atom is -0.258 e. The van der Waals surface area contributed by atoms with E-state index in [1.54, 1.807) is 24.3 Å². The fourth-order valence-electron chi connectivity index (χ4n) is 2.95. The normalized spacial score (nSPS) is 11.2. The Kier molecular flexibility index (Phi) is 5.95. The number of hydrazone groups is 1. The molecule has 0 radical (unpaired) electrons. The summed E-state index contributed by atoms with van der Waals surface area (Å²) in [6, 6.07) is 21.8. The average molecular weight is 445 g/mol. The molecule has 4 aromatic rings. The van der Waals surface area contributed by atoms with Crippen molar-refractivity contribution in [1.82, 2.24) is 4.98 Å². The number of thiazole rings is 1. The minimum absolute atomic E-state index is 0.00165. The van der Waals surface area contributed by atoms with Crippen molar-refractivity contribution in [2.45, 2.75) is 0 Å². The first kappa shape index (κ1) is 20.8. The smallest absolute Gasteiger partial charge is 0.258 e. The van der Waals surface area contributed by atoms with Crippen molar-refractivity contribution in [3.8, 4) is 11.3 Å². The van der Waals surface area contributed by atoms with E-state index in [-0.39, 0.29) is 11.4 Å². The highest BCUT2D eigenvalue weighted by Crippen LogP contribution is 2.27. The maximum atomic E-state index is 11.0. The van der Waals surface area contributed by atoms with E-state index in [0.717, 1.165) is 11.1 Å². The lowest BCUT2D eigenvalue weighted by Crippen LogP contribution is -2.06. The van der Waals surface area contributed by atoms with Crippen LogP contribution in [0.2, 0.25) is 0 Å². The molecule has 10 heteroatoms. The summed E-state index contributed by atoms with van der Waals surface area (Å²) in [5.41, 5.74) is 6.54. The van der Waals surface area contributed by atoms with E-state index in [9.17, 15) is 20.2 Å².